The summed E-state index contributed by atoms with van der Waals surface area (Å²) in [5.41, 5.74) is 2.14. The summed E-state index contributed by atoms with van der Waals surface area (Å²) in [5, 5.41) is 2.96. The molecule has 0 radical (unpaired) electrons. The fraction of sp³-hybridized carbons (Fsp3) is 0.421. The third-order valence-corrected chi connectivity index (χ3v) is 5.30. The molecule has 132 valence electrons. The summed E-state index contributed by atoms with van der Waals surface area (Å²) >= 11 is 1.58. The summed E-state index contributed by atoms with van der Waals surface area (Å²) in [6, 6.07) is 10.2. The molecule has 0 spiro atoms. The number of amides is 2. The molecule has 1 aliphatic heterocycles. The van der Waals surface area contributed by atoms with Crippen molar-refractivity contribution in [1.29, 1.82) is 0 Å². The van der Waals surface area contributed by atoms with Crippen LogP contribution in [0.25, 0.3) is 0 Å². The van der Waals surface area contributed by atoms with E-state index in [-0.39, 0.29) is 24.3 Å². The lowest BCUT2D eigenvalue weighted by Gasteiger charge is -2.21. The van der Waals surface area contributed by atoms with Crippen molar-refractivity contribution in [3.8, 4) is 0 Å². The molecule has 0 saturated carbocycles. The highest BCUT2D eigenvalue weighted by molar-refractivity contribution is 7.09. The maximum absolute atomic E-state index is 12.4. The van der Waals surface area contributed by atoms with Crippen LogP contribution in [0.1, 0.15) is 22.7 Å². The van der Waals surface area contributed by atoms with Crippen molar-refractivity contribution < 1.29 is 9.59 Å². The molecule has 1 atom stereocenters. The molecule has 0 aliphatic carbocycles. The first kappa shape index (κ1) is 17.6. The van der Waals surface area contributed by atoms with Gasteiger partial charge in [0.05, 0.1) is 23.8 Å². The number of likely N-dealkylation sites (N-methyl/N-ethyl adjacent to an activating group) is 1. The van der Waals surface area contributed by atoms with E-state index in [4.69, 9.17) is 0 Å². The standard InChI is InChI=1S/C19H23N3O2S/c1-14-20-17(13-25-14)11-21(2)19(24)12-22-10-16(9-18(22)23)8-15-6-4-3-5-7-15/h3-7,13,16H,8-12H2,1-2H3/t16-/m0/s1. The second-order valence-electron chi connectivity index (χ2n) is 6.64. The molecule has 1 saturated heterocycles. The van der Waals surface area contributed by atoms with E-state index in [0.717, 1.165) is 17.1 Å². The molecular formula is C19H23N3O2S. The molecule has 1 fully saturated rings. The number of carbonyl (C=O) groups is 2. The fourth-order valence-corrected chi connectivity index (χ4v) is 3.79. The third-order valence-electron chi connectivity index (χ3n) is 4.48. The van der Waals surface area contributed by atoms with Gasteiger partial charge in [-0.05, 0) is 24.8 Å². The Kier molecular flexibility index (Phi) is 5.48. The van der Waals surface area contributed by atoms with E-state index in [0.29, 0.717) is 19.5 Å². The zero-order chi connectivity index (χ0) is 17.8. The third kappa shape index (κ3) is 4.66. The largest absolute Gasteiger partial charge is 0.338 e. The molecule has 3 rings (SSSR count). The fourth-order valence-electron chi connectivity index (χ4n) is 3.19. The lowest BCUT2D eigenvalue weighted by atomic mass is 9.99. The normalized spacial score (nSPS) is 17.1. The van der Waals surface area contributed by atoms with Gasteiger partial charge in [-0.25, -0.2) is 4.98 Å². The average molecular weight is 357 g/mol. The van der Waals surface area contributed by atoms with E-state index < -0.39 is 0 Å². The number of rotatable bonds is 6. The van der Waals surface area contributed by atoms with Gasteiger partial charge in [0.2, 0.25) is 11.8 Å². The van der Waals surface area contributed by atoms with Gasteiger partial charge in [0.15, 0.2) is 0 Å². The van der Waals surface area contributed by atoms with Gasteiger partial charge in [-0.3, -0.25) is 9.59 Å². The number of hydrogen-bond acceptors (Lipinski definition) is 4. The zero-order valence-corrected chi connectivity index (χ0v) is 15.5. The van der Waals surface area contributed by atoms with Gasteiger partial charge in [-0.15, -0.1) is 11.3 Å². The van der Waals surface area contributed by atoms with E-state index in [1.54, 1.807) is 28.2 Å². The molecule has 2 amide bonds. The lowest BCUT2D eigenvalue weighted by molar-refractivity contribution is -0.137. The van der Waals surface area contributed by atoms with Crippen molar-refractivity contribution in [1.82, 2.24) is 14.8 Å². The molecular weight excluding hydrogens is 334 g/mol. The molecule has 1 aliphatic rings. The molecule has 0 N–H and O–H groups in total. The Morgan fingerprint density at radius 1 is 1.36 bits per heavy atom. The van der Waals surface area contributed by atoms with Crippen LogP contribution in [0.3, 0.4) is 0 Å². The first-order chi connectivity index (χ1) is 12.0. The predicted molar refractivity (Wildman–Crippen MR) is 98.2 cm³/mol. The van der Waals surface area contributed by atoms with Crippen molar-refractivity contribution in [3.63, 3.8) is 0 Å². The first-order valence-electron chi connectivity index (χ1n) is 8.48. The van der Waals surface area contributed by atoms with Crippen LogP contribution in [0.4, 0.5) is 0 Å². The number of thiazole rings is 1. The van der Waals surface area contributed by atoms with Crippen LogP contribution in [0.15, 0.2) is 35.7 Å². The van der Waals surface area contributed by atoms with Gasteiger partial charge in [0.1, 0.15) is 0 Å². The van der Waals surface area contributed by atoms with Gasteiger partial charge in [-0.1, -0.05) is 30.3 Å². The highest BCUT2D eigenvalue weighted by atomic mass is 32.1. The van der Waals surface area contributed by atoms with Crippen LogP contribution in [0.2, 0.25) is 0 Å². The quantitative estimate of drug-likeness (QED) is 0.798. The Balaban J connectivity index is 1.51. The van der Waals surface area contributed by atoms with Crippen molar-refractivity contribution in [2.24, 2.45) is 5.92 Å². The van der Waals surface area contributed by atoms with Crippen molar-refractivity contribution >= 4 is 23.2 Å². The molecule has 0 unspecified atom stereocenters. The van der Waals surface area contributed by atoms with Gasteiger partial charge in [-0.2, -0.15) is 0 Å². The smallest absolute Gasteiger partial charge is 0.242 e. The number of aryl methyl sites for hydroxylation is 1. The molecule has 0 bridgehead atoms. The van der Waals surface area contributed by atoms with Crippen LogP contribution >= 0.6 is 11.3 Å². The Bertz CT molecular complexity index is 744. The Morgan fingerprint density at radius 2 is 2.12 bits per heavy atom. The van der Waals surface area contributed by atoms with Crippen LogP contribution in [0.5, 0.6) is 0 Å². The Morgan fingerprint density at radius 3 is 2.80 bits per heavy atom. The summed E-state index contributed by atoms with van der Waals surface area (Å²) < 4.78 is 0. The number of benzene rings is 1. The molecule has 5 nitrogen and oxygen atoms in total. The van der Waals surface area contributed by atoms with Gasteiger partial charge >= 0.3 is 0 Å². The van der Waals surface area contributed by atoms with Crippen LogP contribution < -0.4 is 0 Å². The van der Waals surface area contributed by atoms with Crippen molar-refractivity contribution in [2.75, 3.05) is 20.1 Å². The number of likely N-dealkylation sites (tertiary alicyclic amines) is 1. The molecule has 6 heteroatoms. The predicted octanol–water partition coefficient (Wildman–Crippen LogP) is 2.50. The summed E-state index contributed by atoms with van der Waals surface area (Å²) in [6.45, 7) is 3.25. The van der Waals surface area contributed by atoms with E-state index in [1.165, 1.54) is 5.56 Å². The molecule has 1 aromatic heterocycles. The Labute approximate surface area is 152 Å². The number of nitrogens with zero attached hydrogens (tertiary/aromatic N) is 3. The zero-order valence-electron chi connectivity index (χ0n) is 14.6. The van der Waals surface area contributed by atoms with E-state index in [1.807, 2.05) is 30.5 Å². The van der Waals surface area contributed by atoms with Crippen LogP contribution in [-0.2, 0) is 22.6 Å². The maximum atomic E-state index is 12.4. The number of aromatic nitrogens is 1. The van der Waals surface area contributed by atoms with Crippen LogP contribution in [0, 0.1) is 12.8 Å². The molecule has 1 aromatic carbocycles. The van der Waals surface area contributed by atoms with E-state index in [2.05, 4.69) is 17.1 Å². The van der Waals surface area contributed by atoms with E-state index >= 15 is 0 Å². The minimum Gasteiger partial charge on any atom is -0.338 e. The molecule has 2 aromatic rings. The lowest BCUT2D eigenvalue weighted by Crippen LogP contribution is -2.39. The average Bonchev–Trinajstić information content (AvgIpc) is 3.14. The second kappa shape index (κ2) is 7.78. The molecule has 25 heavy (non-hydrogen) atoms. The highest BCUT2D eigenvalue weighted by Gasteiger charge is 2.31. The summed E-state index contributed by atoms with van der Waals surface area (Å²) in [6.07, 6.45) is 1.41. The second-order valence-corrected chi connectivity index (χ2v) is 7.70. The van der Waals surface area contributed by atoms with Crippen molar-refractivity contribution in [2.45, 2.75) is 26.3 Å². The topological polar surface area (TPSA) is 53.5 Å². The van der Waals surface area contributed by atoms with E-state index in [9.17, 15) is 9.59 Å². The van der Waals surface area contributed by atoms with Crippen LogP contribution in [-0.4, -0.2) is 46.7 Å². The maximum Gasteiger partial charge on any atom is 0.242 e. The molecule has 2 heterocycles. The first-order valence-corrected chi connectivity index (χ1v) is 9.36. The van der Waals surface area contributed by atoms with Gasteiger partial charge in [0, 0.05) is 25.4 Å². The minimum absolute atomic E-state index is 0.0423. The Hall–Kier alpha value is -2.21. The summed E-state index contributed by atoms with van der Waals surface area (Å²) in [4.78, 5) is 32.4. The number of carbonyl (C=O) groups excluding carboxylic acids is 2. The highest BCUT2D eigenvalue weighted by Crippen LogP contribution is 2.22. The number of hydrogen-bond donors (Lipinski definition) is 0. The summed E-state index contributed by atoms with van der Waals surface area (Å²) in [5.74, 6) is 0.320. The summed E-state index contributed by atoms with van der Waals surface area (Å²) in [7, 11) is 1.76. The SMILES string of the molecule is Cc1nc(CN(C)C(=O)CN2C[C@@H](Cc3ccccc3)CC2=O)cs1. The van der Waals surface area contributed by atoms with Gasteiger partial charge in [0.25, 0.3) is 0 Å². The van der Waals surface area contributed by atoms with Gasteiger partial charge < -0.3 is 9.80 Å². The minimum atomic E-state index is -0.0423. The van der Waals surface area contributed by atoms with Crippen molar-refractivity contribution in [3.05, 3.63) is 52.0 Å². The monoisotopic (exact) mass is 357 g/mol.